The Kier molecular flexibility index (Phi) is 3.07. The van der Waals surface area contributed by atoms with Crippen LogP contribution in [0, 0.1) is 11.6 Å². The number of hydrogen-bond acceptors (Lipinski definition) is 0. The molecule has 0 aliphatic rings. The number of hydrogen-bond donors (Lipinski definition) is 0. The molecular formula is C13H7F5. The topological polar surface area (TPSA) is 0 Å². The van der Waals surface area contributed by atoms with Crippen molar-refractivity contribution in [3.05, 3.63) is 59.7 Å². The minimum atomic E-state index is -4.56. The van der Waals surface area contributed by atoms with E-state index in [4.69, 9.17) is 0 Å². The van der Waals surface area contributed by atoms with E-state index in [0.717, 1.165) is 18.2 Å². The van der Waals surface area contributed by atoms with Crippen molar-refractivity contribution in [1.29, 1.82) is 0 Å². The third-order valence-corrected chi connectivity index (χ3v) is 2.43. The summed E-state index contributed by atoms with van der Waals surface area (Å²) < 4.78 is 64.0. The summed E-state index contributed by atoms with van der Waals surface area (Å²) >= 11 is 0. The summed E-state index contributed by atoms with van der Waals surface area (Å²) in [5.74, 6) is -1.46. The van der Waals surface area contributed by atoms with Gasteiger partial charge < -0.3 is 0 Å². The molecule has 0 saturated heterocycles. The van der Waals surface area contributed by atoms with Crippen molar-refractivity contribution in [3.8, 4) is 11.1 Å². The molecule has 0 nitrogen and oxygen atoms in total. The lowest BCUT2D eigenvalue weighted by atomic mass is 10.0. The fraction of sp³-hybridized carbons (Fsp3) is 0.0769. The Balaban J connectivity index is 2.57. The zero-order valence-corrected chi connectivity index (χ0v) is 8.93. The molecule has 0 fully saturated rings. The number of rotatable bonds is 1. The minimum Gasteiger partial charge on any atom is -0.207 e. The van der Waals surface area contributed by atoms with Gasteiger partial charge in [-0.3, -0.25) is 0 Å². The summed E-state index contributed by atoms with van der Waals surface area (Å²) in [5.41, 5.74) is -1.17. The average molecular weight is 258 g/mol. The molecule has 0 radical (unpaired) electrons. The Morgan fingerprint density at radius 3 is 2.17 bits per heavy atom. The Hall–Kier alpha value is -1.91. The molecule has 0 atom stereocenters. The first kappa shape index (κ1) is 12.5. The summed E-state index contributed by atoms with van der Waals surface area (Å²) in [6.07, 6.45) is -4.56. The van der Waals surface area contributed by atoms with Gasteiger partial charge in [0.15, 0.2) is 0 Å². The maximum Gasteiger partial charge on any atom is 0.416 e. The SMILES string of the molecule is Fc1cccc(-c2cc(C(F)(F)F)ccc2F)c1. The molecule has 2 aromatic rings. The normalized spacial score (nSPS) is 11.6. The van der Waals surface area contributed by atoms with Crippen molar-refractivity contribution in [1.82, 2.24) is 0 Å². The predicted molar refractivity (Wildman–Crippen MR) is 56.8 cm³/mol. The molecule has 0 N–H and O–H groups in total. The molecule has 0 aromatic heterocycles. The van der Waals surface area contributed by atoms with Gasteiger partial charge in [-0.25, -0.2) is 8.78 Å². The first-order chi connectivity index (χ1) is 8.38. The van der Waals surface area contributed by atoms with Gasteiger partial charge in [0.25, 0.3) is 0 Å². The molecule has 0 aliphatic carbocycles. The quantitative estimate of drug-likeness (QED) is 0.653. The van der Waals surface area contributed by atoms with Crippen molar-refractivity contribution < 1.29 is 22.0 Å². The molecule has 18 heavy (non-hydrogen) atoms. The van der Waals surface area contributed by atoms with E-state index in [-0.39, 0.29) is 11.1 Å². The maximum atomic E-state index is 13.5. The molecule has 0 aliphatic heterocycles. The van der Waals surface area contributed by atoms with Crippen LogP contribution in [0.25, 0.3) is 11.1 Å². The van der Waals surface area contributed by atoms with Crippen LogP contribution in [0.15, 0.2) is 42.5 Å². The second-order valence-electron chi connectivity index (χ2n) is 3.70. The third-order valence-electron chi connectivity index (χ3n) is 2.43. The van der Waals surface area contributed by atoms with Gasteiger partial charge in [-0.15, -0.1) is 0 Å². The molecule has 94 valence electrons. The first-order valence-electron chi connectivity index (χ1n) is 5.00. The van der Waals surface area contributed by atoms with E-state index in [1.54, 1.807) is 0 Å². The zero-order chi connectivity index (χ0) is 13.3. The first-order valence-corrected chi connectivity index (χ1v) is 5.00. The predicted octanol–water partition coefficient (Wildman–Crippen LogP) is 4.65. The minimum absolute atomic E-state index is 0.0681. The van der Waals surface area contributed by atoms with Gasteiger partial charge in [-0.2, -0.15) is 13.2 Å². The van der Waals surface area contributed by atoms with Crippen LogP contribution in [-0.4, -0.2) is 0 Å². The summed E-state index contributed by atoms with van der Waals surface area (Å²) in [6.45, 7) is 0. The van der Waals surface area contributed by atoms with Crippen molar-refractivity contribution in [2.24, 2.45) is 0 Å². The second kappa shape index (κ2) is 4.40. The molecule has 0 unspecified atom stereocenters. The molecular weight excluding hydrogens is 251 g/mol. The number of alkyl halides is 3. The lowest BCUT2D eigenvalue weighted by Gasteiger charge is -2.10. The monoisotopic (exact) mass is 258 g/mol. The van der Waals surface area contributed by atoms with Gasteiger partial charge in [0.05, 0.1) is 5.56 Å². The van der Waals surface area contributed by atoms with Crippen molar-refractivity contribution in [3.63, 3.8) is 0 Å². The zero-order valence-electron chi connectivity index (χ0n) is 8.93. The van der Waals surface area contributed by atoms with Gasteiger partial charge in [-0.05, 0) is 35.9 Å². The molecule has 0 saturated carbocycles. The van der Waals surface area contributed by atoms with Crippen LogP contribution in [0.1, 0.15) is 5.56 Å². The van der Waals surface area contributed by atoms with Gasteiger partial charge in [-0.1, -0.05) is 12.1 Å². The number of benzene rings is 2. The van der Waals surface area contributed by atoms with Crippen LogP contribution in [-0.2, 0) is 6.18 Å². The third kappa shape index (κ3) is 2.50. The highest BCUT2D eigenvalue weighted by molar-refractivity contribution is 5.65. The van der Waals surface area contributed by atoms with Gasteiger partial charge in [0.2, 0.25) is 0 Å². The van der Waals surface area contributed by atoms with Crippen LogP contribution in [0.5, 0.6) is 0 Å². The Morgan fingerprint density at radius 2 is 1.56 bits per heavy atom. The lowest BCUT2D eigenvalue weighted by Crippen LogP contribution is -2.05. The van der Waals surface area contributed by atoms with E-state index >= 15 is 0 Å². The van der Waals surface area contributed by atoms with Gasteiger partial charge in [0.1, 0.15) is 11.6 Å². The Morgan fingerprint density at radius 1 is 0.833 bits per heavy atom. The molecule has 5 heteroatoms. The van der Waals surface area contributed by atoms with Gasteiger partial charge >= 0.3 is 6.18 Å². The van der Waals surface area contributed by atoms with Crippen LogP contribution >= 0.6 is 0 Å². The molecule has 0 amide bonds. The van der Waals surface area contributed by atoms with E-state index in [1.165, 1.54) is 12.1 Å². The van der Waals surface area contributed by atoms with Crippen molar-refractivity contribution in [2.45, 2.75) is 6.18 Å². The highest BCUT2D eigenvalue weighted by Crippen LogP contribution is 2.33. The second-order valence-corrected chi connectivity index (χ2v) is 3.70. The van der Waals surface area contributed by atoms with Crippen LogP contribution in [0.4, 0.5) is 22.0 Å². The highest BCUT2D eigenvalue weighted by Gasteiger charge is 2.31. The molecule has 0 spiro atoms. The van der Waals surface area contributed by atoms with Crippen LogP contribution in [0.3, 0.4) is 0 Å². The molecule has 0 heterocycles. The van der Waals surface area contributed by atoms with Crippen molar-refractivity contribution >= 4 is 0 Å². The number of halogens is 5. The van der Waals surface area contributed by atoms with Crippen molar-refractivity contribution in [2.75, 3.05) is 0 Å². The Labute approximate surface area is 99.7 Å². The summed E-state index contributed by atoms with van der Waals surface area (Å²) in [5, 5.41) is 0. The standard InChI is InChI=1S/C13H7F5/c14-10-3-1-2-8(6-10)11-7-9(13(16,17)18)4-5-12(11)15/h1-7H. The smallest absolute Gasteiger partial charge is 0.207 e. The Bertz CT molecular complexity index is 572. The molecule has 2 rings (SSSR count). The summed E-state index contributed by atoms with van der Waals surface area (Å²) in [7, 11) is 0. The van der Waals surface area contributed by atoms with E-state index in [2.05, 4.69) is 0 Å². The molecule has 2 aromatic carbocycles. The fourth-order valence-corrected chi connectivity index (χ4v) is 1.58. The lowest BCUT2D eigenvalue weighted by molar-refractivity contribution is -0.137. The van der Waals surface area contributed by atoms with Crippen LogP contribution in [0.2, 0.25) is 0 Å². The van der Waals surface area contributed by atoms with E-state index in [0.29, 0.717) is 12.1 Å². The van der Waals surface area contributed by atoms with E-state index in [1.807, 2.05) is 0 Å². The fourth-order valence-electron chi connectivity index (χ4n) is 1.58. The van der Waals surface area contributed by atoms with Crippen LogP contribution < -0.4 is 0 Å². The summed E-state index contributed by atoms with van der Waals surface area (Å²) in [4.78, 5) is 0. The average Bonchev–Trinajstić information content (AvgIpc) is 2.28. The maximum absolute atomic E-state index is 13.5. The summed E-state index contributed by atoms with van der Waals surface area (Å²) in [6, 6.07) is 6.82. The largest absolute Gasteiger partial charge is 0.416 e. The van der Waals surface area contributed by atoms with E-state index < -0.39 is 23.4 Å². The van der Waals surface area contributed by atoms with Gasteiger partial charge in [0, 0.05) is 5.56 Å². The highest BCUT2D eigenvalue weighted by atomic mass is 19.4. The van der Waals surface area contributed by atoms with E-state index in [9.17, 15) is 22.0 Å². The molecule has 0 bridgehead atoms.